The minimum absolute atomic E-state index is 0.0686. The first kappa shape index (κ1) is 21.6. The number of nitrogens with one attached hydrogen (secondary N) is 1. The minimum Gasteiger partial charge on any atom is -0.372 e. The number of thiophene rings is 1. The van der Waals surface area contributed by atoms with Crippen LogP contribution >= 0.6 is 11.3 Å². The molecule has 1 N–H and O–H groups in total. The number of ether oxygens (including phenoxy) is 1. The highest BCUT2D eigenvalue weighted by Gasteiger charge is 2.41. The van der Waals surface area contributed by atoms with Gasteiger partial charge in [0.15, 0.2) is 5.78 Å². The second-order valence-electron chi connectivity index (χ2n) is 11.2. The maximum absolute atomic E-state index is 13.6. The molecule has 0 radical (unpaired) electrons. The van der Waals surface area contributed by atoms with E-state index >= 15 is 0 Å². The van der Waals surface area contributed by atoms with E-state index in [9.17, 15) is 10.1 Å². The van der Waals surface area contributed by atoms with Crippen LogP contribution in [0.15, 0.2) is 24.3 Å². The van der Waals surface area contributed by atoms with Gasteiger partial charge in [-0.05, 0) is 55.5 Å². The van der Waals surface area contributed by atoms with Crippen molar-refractivity contribution in [3.05, 3.63) is 51.5 Å². The SMILES string of the molecule is CC1(C)c2cc(N3CCC(N4CC5CCC(C4)O5)CC3)ccc2C(=O)c2c1[nH]c1cc(C#N)sc21. The molecular formula is C28H30N4O2S. The number of hydrogen-bond acceptors (Lipinski definition) is 6. The fourth-order valence-electron chi connectivity index (χ4n) is 6.87. The van der Waals surface area contributed by atoms with Gasteiger partial charge in [-0.1, -0.05) is 13.8 Å². The van der Waals surface area contributed by atoms with Gasteiger partial charge in [-0.15, -0.1) is 11.3 Å². The number of anilines is 1. The number of nitriles is 1. The third-order valence-corrected chi connectivity index (χ3v) is 9.83. The number of morpholine rings is 1. The van der Waals surface area contributed by atoms with Crippen molar-refractivity contribution in [2.75, 3.05) is 31.1 Å². The fraction of sp³-hybridized carbons (Fsp3) is 0.500. The quantitative estimate of drug-likeness (QED) is 0.563. The molecule has 0 spiro atoms. The molecule has 2 unspecified atom stereocenters. The van der Waals surface area contributed by atoms with Crippen molar-refractivity contribution in [2.45, 2.75) is 63.2 Å². The summed E-state index contributed by atoms with van der Waals surface area (Å²) in [5.41, 5.74) is 5.39. The van der Waals surface area contributed by atoms with Gasteiger partial charge in [0.2, 0.25) is 0 Å². The van der Waals surface area contributed by atoms with Crippen LogP contribution in [0, 0.1) is 11.3 Å². The lowest BCUT2D eigenvalue weighted by Gasteiger charge is -2.43. The molecule has 2 bridgehead atoms. The van der Waals surface area contributed by atoms with Crippen LogP contribution in [-0.2, 0) is 10.2 Å². The van der Waals surface area contributed by atoms with Gasteiger partial charge < -0.3 is 14.6 Å². The Hall–Kier alpha value is -2.66. The second kappa shape index (κ2) is 7.67. The molecule has 3 fully saturated rings. The zero-order chi connectivity index (χ0) is 23.9. The Balaban J connectivity index is 1.15. The highest BCUT2D eigenvalue weighted by atomic mass is 32.1. The molecule has 2 atom stereocenters. The predicted octanol–water partition coefficient (Wildman–Crippen LogP) is 4.80. The van der Waals surface area contributed by atoms with Gasteiger partial charge >= 0.3 is 0 Å². The molecule has 7 rings (SSSR count). The van der Waals surface area contributed by atoms with Gasteiger partial charge in [0, 0.05) is 54.6 Å². The van der Waals surface area contributed by atoms with Crippen molar-refractivity contribution < 1.29 is 9.53 Å². The molecule has 1 aliphatic carbocycles. The Morgan fingerprint density at radius 2 is 1.86 bits per heavy atom. The van der Waals surface area contributed by atoms with Gasteiger partial charge in [0.1, 0.15) is 10.9 Å². The summed E-state index contributed by atoms with van der Waals surface area (Å²) < 4.78 is 6.95. The summed E-state index contributed by atoms with van der Waals surface area (Å²) >= 11 is 1.41. The molecular weight excluding hydrogens is 456 g/mol. The van der Waals surface area contributed by atoms with E-state index in [-0.39, 0.29) is 11.2 Å². The number of piperidine rings is 1. The van der Waals surface area contributed by atoms with Gasteiger partial charge in [-0.3, -0.25) is 9.69 Å². The molecule has 0 amide bonds. The predicted molar refractivity (Wildman–Crippen MR) is 138 cm³/mol. The van der Waals surface area contributed by atoms with Crippen molar-refractivity contribution in [1.29, 1.82) is 5.26 Å². The zero-order valence-electron chi connectivity index (χ0n) is 20.3. The third kappa shape index (κ3) is 3.23. The van der Waals surface area contributed by atoms with Crippen molar-refractivity contribution in [3.8, 4) is 6.07 Å². The average molecular weight is 487 g/mol. The third-order valence-electron chi connectivity index (χ3n) is 8.77. The first-order valence-electron chi connectivity index (χ1n) is 12.8. The summed E-state index contributed by atoms with van der Waals surface area (Å²) in [6.07, 6.45) is 5.71. The number of aromatic amines is 1. The number of rotatable bonds is 2. The number of H-pyrrole nitrogens is 1. The maximum atomic E-state index is 13.6. The topological polar surface area (TPSA) is 72.4 Å². The van der Waals surface area contributed by atoms with Crippen LogP contribution in [0.3, 0.4) is 0 Å². The molecule has 35 heavy (non-hydrogen) atoms. The van der Waals surface area contributed by atoms with Gasteiger partial charge in [-0.25, -0.2) is 0 Å². The van der Waals surface area contributed by atoms with Crippen molar-refractivity contribution in [1.82, 2.24) is 9.88 Å². The average Bonchev–Trinajstić information content (AvgIpc) is 3.54. The first-order chi connectivity index (χ1) is 16.9. The van der Waals surface area contributed by atoms with Gasteiger partial charge in [0.05, 0.1) is 28.0 Å². The number of ketones is 1. The molecule has 1 aromatic carbocycles. The molecule has 6 nitrogen and oxygen atoms in total. The number of carbonyl (C=O) groups excluding carboxylic acids is 1. The smallest absolute Gasteiger partial charge is 0.196 e. The number of carbonyl (C=O) groups is 1. The Morgan fingerprint density at radius 3 is 2.57 bits per heavy atom. The highest BCUT2D eigenvalue weighted by molar-refractivity contribution is 7.20. The Kier molecular flexibility index (Phi) is 4.73. The lowest BCUT2D eigenvalue weighted by atomic mass is 9.71. The molecule has 7 heteroatoms. The molecule has 180 valence electrons. The molecule has 2 aromatic heterocycles. The fourth-order valence-corrected chi connectivity index (χ4v) is 7.83. The Morgan fingerprint density at radius 1 is 1.11 bits per heavy atom. The monoisotopic (exact) mass is 486 g/mol. The summed E-state index contributed by atoms with van der Waals surface area (Å²) in [7, 11) is 0. The Labute approximate surface area is 209 Å². The molecule has 0 saturated carbocycles. The minimum atomic E-state index is -0.314. The van der Waals surface area contributed by atoms with Crippen LogP contribution in [0.2, 0.25) is 0 Å². The molecule has 5 heterocycles. The molecule has 3 aromatic rings. The summed E-state index contributed by atoms with van der Waals surface area (Å²) in [6, 6.07) is 11.1. The van der Waals surface area contributed by atoms with E-state index in [0.29, 0.717) is 23.1 Å². The van der Waals surface area contributed by atoms with Gasteiger partial charge in [-0.2, -0.15) is 5.26 Å². The van der Waals surface area contributed by atoms with Crippen molar-refractivity contribution >= 4 is 33.0 Å². The van der Waals surface area contributed by atoms with E-state index in [1.54, 1.807) is 0 Å². The molecule has 3 saturated heterocycles. The summed E-state index contributed by atoms with van der Waals surface area (Å²) in [5.74, 6) is 0.0686. The van der Waals surface area contributed by atoms with Crippen LogP contribution in [0.1, 0.15) is 71.6 Å². The molecule has 4 aliphatic rings. The zero-order valence-corrected chi connectivity index (χ0v) is 21.1. The van der Waals surface area contributed by atoms with E-state index in [2.05, 4.69) is 46.8 Å². The van der Waals surface area contributed by atoms with E-state index < -0.39 is 0 Å². The van der Waals surface area contributed by atoms with E-state index in [1.807, 2.05) is 12.1 Å². The number of fused-ring (bicyclic) bond motifs is 6. The number of aromatic nitrogens is 1. The summed E-state index contributed by atoms with van der Waals surface area (Å²) in [4.78, 5) is 22.9. The maximum Gasteiger partial charge on any atom is 0.196 e. The van der Waals surface area contributed by atoms with E-state index in [0.717, 1.165) is 58.8 Å². The standard InChI is InChI=1S/C28H30N4O2S/c1-28(2)22-11-17(31-9-7-16(8-10-31)32-14-18-4-5-19(15-32)34-18)3-6-21(22)25(33)24-26-23(30-27(24)28)12-20(13-29)35-26/h3,6,11-12,16,18-19,30H,4-5,7-10,14-15H2,1-2H3. The van der Waals surface area contributed by atoms with Crippen LogP contribution in [0.25, 0.3) is 10.2 Å². The largest absolute Gasteiger partial charge is 0.372 e. The van der Waals surface area contributed by atoms with Crippen molar-refractivity contribution in [3.63, 3.8) is 0 Å². The van der Waals surface area contributed by atoms with Crippen LogP contribution in [0.5, 0.6) is 0 Å². The number of hydrogen-bond donors (Lipinski definition) is 1. The number of nitrogens with zero attached hydrogens (tertiary/aromatic N) is 3. The number of likely N-dealkylation sites (tertiary alicyclic amines) is 1. The van der Waals surface area contributed by atoms with Crippen LogP contribution in [-0.4, -0.2) is 60.1 Å². The summed E-state index contributed by atoms with van der Waals surface area (Å²) in [5, 5.41) is 9.31. The first-order valence-corrected chi connectivity index (χ1v) is 13.6. The summed E-state index contributed by atoms with van der Waals surface area (Å²) in [6.45, 7) is 8.69. The normalized spacial score (nSPS) is 26.1. The Bertz CT molecular complexity index is 1380. The van der Waals surface area contributed by atoms with Crippen LogP contribution < -0.4 is 4.90 Å². The molecule has 3 aliphatic heterocycles. The van der Waals surface area contributed by atoms with E-state index in [1.165, 1.54) is 42.7 Å². The van der Waals surface area contributed by atoms with Crippen LogP contribution in [0.4, 0.5) is 5.69 Å². The van der Waals surface area contributed by atoms with Gasteiger partial charge in [0.25, 0.3) is 0 Å². The number of benzene rings is 1. The van der Waals surface area contributed by atoms with E-state index in [4.69, 9.17) is 4.74 Å². The lowest BCUT2D eigenvalue weighted by Crippen LogP contribution is -2.51. The highest BCUT2D eigenvalue weighted by Crippen LogP contribution is 2.46. The van der Waals surface area contributed by atoms with Crippen molar-refractivity contribution in [2.24, 2.45) is 0 Å². The second-order valence-corrected chi connectivity index (χ2v) is 12.2. The lowest BCUT2D eigenvalue weighted by molar-refractivity contribution is -0.0556.